The average molecular weight is 418 g/mol. The number of hydrogen-bond donors (Lipinski definition) is 3. The van der Waals surface area contributed by atoms with Gasteiger partial charge in [0.25, 0.3) is 0 Å². The lowest BCUT2D eigenvalue weighted by Crippen LogP contribution is -2.38. The molecule has 152 valence electrons. The summed E-state index contributed by atoms with van der Waals surface area (Å²) in [6, 6.07) is 6.99. The van der Waals surface area contributed by atoms with E-state index in [0.717, 1.165) is 11.1 Å². The van der Waals surface area contributed by atoms with Gasteiger partial charge in [-0.15, -0.1) is 0 Å². The van der Waals surface area contributed by atoms with Gasteiger partial charge >= 0.3 is 0 Å². The normalized spacial score (nSPS) is 31.9. The van der Waals surface area contributed by atoms with Crippen molar-refractivity contribution >= 4 is 22.6 Å². The number of aliphatic hydroxyl groups is 3. The number of ether oxygens (including phenoxy) is 2. The van der Waals surface area contributed by atoms with E-state index in [4.69, 9.17) is 21.1 Å². The highest BCUT2D eigenvalue weighted by Crippen LogP contribution is 2.43. The molecule has 1 unspecified atom stereocenters. The molecule has 2 aliphatic heterocycles. The largest absolute Gasteiger partial charge is 0.387 e. The molecule has 29 heavy (non-hydrogen) atoms. The SMILES string of the molecule is Cc1ncnc2c1ccn2[C@@H]1O[C@H]([C@@H]2OCC(O)c3cc(Cl)ccc32)[C@@H](O)[C@H]1O. The quantitative estimate of drug-likeness (QED) is 0.583. The molecule has 9 heteroatoms. The third kappa shape index (κ3) is 2.95. The van der Waals surface area contributed by atoms with Crippen LogP contribution in [0.4, 0.5) is 0 Å². The van der Waals surface area contributed by atoms with Gasteiger partial charge in [-0.3, -0.25) is 0 Å². The maximum Gasteiger partial charge on any atom is 0.164 e. The number of fused-ring (bicyclic) bond motifs is 2. The van der Waals surface area contributed by atoms with E-state index in [9.17, 15) is 15.3 Å². The summed E-state index contributed by atoms with van der Waals surface area (Å²) in [5.74, 6) is 0. The molecule has 2 aromatic heterocycles. The van der Waals surface area contributed by atoms with E-state index in [0.29, 0.717) is 21.8 Å². The Balaban J connectivity index is 1.51. The third-order valence-electron chi connectivity index (χ3n) is 5.70. The van der Waals surface area contributed by atoms with Crippen molar-refractivity contribution in [2.45, 2.75) is 43.7 Å². The number of halogens is 1. The Morgan fingerprint density at radius 2 is 1.93 bits per heavy atom. The molecular formula is C20H20ClN3O5. The molecule has 0 amide bonds. The Bertz CT molecular complexity index is 1070. The van der Waals surface area contributed by atoms with Crippen molar-refractivity contribution in [3.05, 3.63) is 58.6 Å². The van der Waals surface area contributed by atoms with Crippen molar-refractivity contribution < 1.29 is 24.8 Å². The third-order valence-corrected chi connectivity index (χ3v) is 5.94. The molecule has 0 spiro atoms. The van der Waals surface area contributed by atoms with Crippen LogP contribution in [0.2, 0.25) is 5.02 Å². The zero-order valence-electron chi connectivity index (χ0n) is 15.5. The van der Waals surface area contributed by atoms with Crippen molar-refractivity contribution in [1.29, 1.82) is 0 Å². The molecule has 1 saturated heterocycles. The predicted octanol–water partition coefficient (Wildman–Crippen LogP) is 1.82. The molecule has 5 rings (SSSR count). The number of aryl methyl sites for hydroxylation is 1. The number of aromatic nitrogens is 3. The summed E-state index contributed by atoms with van der Waals surface area (Å²) < 4.78 is 13.6. The molecule has 1 aromatic carbocycles. The van der Waals surface area contributed by atoms with Crippen LogP contribution in [-0.2, 0) is 9.47 Å². The maximum atomic E-state index is 10.8. The minimum Gasteiger partial charge on any atom is -0.387 e. The molecular weight excluding hydrogens is 398 g/mol. The van der Waals surface area contributed by atoms with Crippen molar-refractivity contribution in [2.24, 2.45) is 0 Å². The van der Waals surface area contributed by atoms with E-state index in [1.807, 2.05) is 13.0 Å². The molecule has 0 bridgehead atoms. The summed E-state index contributed by atoms with van der Waals surface area (Å²) in [5, 5.41) is 33.1. The van der Waals surface area contributed by atoms with Crippen molar-refractivity contribution in [2.75, 3.05) is 6.61 Å². The predicted molar refractivity (Wildman–Crippen MR) is 103 cm³/mol. The van der Waals surface area contributed by atoms with E-state index in [-0.39, 0.29) is 6.61 Å². The van der Waals surface area contributed by atoms with Gasteiger partial charge < -0.3 is 29.4 Å². The van der Waals surface area contributed by atoms with Gasteiger partial charge in [-0.05, 0) is 36.2 Å². The Kier molecular flexibility index (Phi) is 4.58. The number of hydrogen-bond acceptors (Lipinski definition) is 7. The van der Waals surface area contributed by atoms with E-state index in [1.165, 1.54) is 6.33 Å². The summed E-state index contributed by atoms with van der Waals surface area (Å²) in [5.41, 5.74) is 2.74. The summed E-state index contributed by atoms with van der Waals surface area (Å²) in [6.07, 6.45) is -2.30. The van der Waals surface area contributed by atoms with E-state index < -0.39 is 36.7 Å². The monoisotopic (exact) mass is 417 g/mol. The molecule has 6 atom stereocenters. The molecule has 3 N–H and O–H groups in total. The smallest absolute Gasteiger partial charge is 0.164 e. The van der Waals surface area contributed by atoms with Crippen molar-refractivity contribution in [3.63, 3.8) is 0 Å². The molecule has 2 aliphatic rings. The second kappa shape index (κ2) is 7.02. The first-order valence-electron chi connectivity index (χ1n) is 9.34. The van der Waals surface area contributed by atoms with Gasteiger partial charge in [-0.2, -0.15) is 0 Å². The summed E-state index contributed by atoms with van der Waals surface area (Å²) in [7, 11) is 0. The number of nitrogens with zero attached hydrogens (tertiary/aromatic N) is 3. The fourth-order valence-corrected chi connectivity index (χ4v) is 4.39. The lowest BCUT2D eigenvalue weighted by atomic mass is 9.91. The lowest BCUT2D eigenvalue weighted by molar-refractivity contribution is -0.131. The molecule has 4 heterocycles. The Hall–Kier alpha value is -2.07. The lowest BCUT2D eigenvalue weighted by Gasteiger charge is -2.33. The van der Waals surface area contributed by atoms with Crippen LogP contribution in [-0.4, -0.2) is 54.8 Å². The first-order valence-corrected chi connectivity index (χ1v) is 9.72. The van der Waals surface area contributed by atoms with Gasteiger partial charge in [0, 0.05) is 16.6 Å². The highest BCUT2D eigenvalue weighted by molar-refractivity contribution is 6.30. The maximum absolute atomic E-state index is 10.8. The highest BCUT2D eigenvalue weighted by atomic mass is 35.5. The fourth-order valence-electron chi connectivity index (χ4n) is 4.21. The van der Waals surface area contributed by atoms with Crippen LogP contribution in [0.3, 0.4) is 0 Å². The number of aliphatic hydroxyl groups excluding tert-OH is 3. The van der Waals surface area contributed by atoms with Crippen molar-refractivity contribution in [3.8, 4) is 0 Å². The van der Waals surface area contributed by atoms with Crippen LogP contribution in [0.1, 0.15) is 35.3 Å². The number of benzene rings is 1. The van der Waals surface area contributed by atoms with Gasteiger partial charge in [0.05, 0.1) is 12.3 Å². The minimum atomic E-state index is -1.19. The van der Waals surface area contributed by atoms with Crippen LogP contribution in [0.25, 0.3) is 11.0 Å². The van der Waals surface area contributed by atoms with E-state index in [1.54, 1.807) is 29.0 Å². The Morgan fingerprint density at radius 3 is 2.76 bits per heavy atom. The average Bonchev–Trinajstić information content (AvgIpc) is 3.26. The van der Waals surface area contributed by atoms with Gasteiger partial charge in [0.15, 0.2) is 6.23 Å². The molecule has 1 fully saturated rings. The zero-order valence-corrected chi connectivity index (χ0v) is 16.3. The van der Waals surface area contributed by atoms with Crippen LogP contribution in [0, 0.1) is 6.92 Å². The Labute approximate surface area is 171 Å². The van der Waals surface area contributed by atoms with Gasteiger partial charge in [-0.25, -0.2) is 9.97 Å². The van der Waals surface area contributed by atoms with Gasteiger partial charge in [0.2, 0.25) is 0 Å². The fraction of sp³-hybridized carbons (Fsp3) is 0.400. The van der Waals surface area contributed by atoms with Crippen LogP contribution >= 0.6 is 11.6 Å². The molecule has 0 saturated carbocycles. The minimum absolute atomic E-state index is 0.0459. The topological polar surface area (TPSA) is 110 Å². The first-order chi connectivity index (χ1) is 14.0. The van der Waals surface area contributed by atoms with Gasteiger partial charge in [0.1, 0.15) is 42.5 Å². The summed E-state index contributed by atoms with van der Waals surface area (Å²) >= 11 is 6.07. The van der Waals surface area contributed by atoms with Crippen molar-refractivity contribution in [1.82, 2.24) is 14.5 Å². The summed E-state index contributed by atoms with van der Waals surface area (Å²) in [4.78, 5) is 8.48. The van der Waals surface area contributed by atoms with E-state index in [2.05, 4.69) is 9.97 Å². The molecule has 8 nitrogen and oxygen atoms in total. The zero-order chi connectivity index (χ0) is 20.3. The molecule has 0 aliphatic carbocycles. The highest BCUT2D eigenvalue weighted by Gasteiger charge is 2.49. The second-order valence-electron chi connectivity index (χ2n) is 7.43. The molecule has 3 aromatic rings. The van der Waals surface area contributed by atoms with Gasteiger partial charge in [-0.1, -0.05) is 17.7 Å². The Morgan fingerprint density at radius 1 is 1.10 bits per heavy atom. The first kappa shape index (κ1) is 18.9. The van der Waals surface area contributed by atoms with E-state index >= 15 is 0 Å². The van der Waals surface area contributed by atoms with Crippen LogP contribution < -0.4 is 0 Å². The van der Waals surface area contributed by atoms with Crippen LogP contribution in [0.15, 0.2) is 36.8 Å². The second-order valence-corrected chi connectivity index (χ2v) is 7.87. The number of rotatable bonds is 2. The van der Waals surface area contributed by atoms with Crippen LogP contribution in [0.5, 0.6) is 0 Å². The summed E-state index contributed by atoms with van der Waals surface area (Å²) in [6.45, 7) is 1.92. The molecule has 0 radical (unpaired) electrons. The standard InChI is InChI=1S/C20H20ClN3O5/c1-9-11-4-5-24(19(11)23-8-22-9)20-16(27)15(26)18(29-20)17-12-3-2-10(21)6-13(12)14(25)7-28-17/h2-6,8,14-18,20,25-27H,7H2,1H3/t14?,15-,16+,17+,18-,20+/m0/s1.